The highest BCUT2D eigenvalue weighted by Crippen LogP contribution is 2.36. The lowest BCUT2D eigenvalue weighted by atomic mass is 9.83. The van der Waals surface area contributed by atoms with Crippen molar-refractivity contribution in [2.45, 2.75) is 50.3 Å². The molecule has 1 aromatic carbocycles. The summed E-state index contributed by atoms with van der Waals surface area (Å²) in [5.41, 5.74) is 4.23. The van der Waals surface area contributed by atoms with Crippen LogP contribution in [0.15, 0.2) is 18.2 Å². The zero-order valence-electron chi connectivity index (χ0n) is 13.7. The number of carbonyl (C=O) groups excluding carboxylic acids is 1. The molecule has 3 N–H and O–H groups in total. The summed E-state index contributed by atoms with van der Waals surface area (Å²) in [6, 6.07) is 3.55. The second-order valence-electron chi connectivity index (χ2n) is 6.64. The average molecular weight is 339 g/mol. The van der Waals surface area contributed by atoms with Crippen LogP contribution in [0.4, 0.5) is 8.78 Å². The summed E-state index contributed by atoms with van der Waals surface area (Å²) in [5.74, 6) is -1.52. The minimum atomic E-state index is -1.57. The van der Waals surface area contributed by atoms with Gasteiger partial charge in [0.2, 0.25) is 5.91 Å². The van der Waals surface area contributed by atoms with E-state index in [-0.39, 0.29) is 49.5 Å². The molecule has 2 aliphatic rings. The number of nitrogens with one attached hydrogen (secondary N) is 2. The molecule has 24 heavy (non-hydrogen) atoms. The second kappa shape index (κ2) is 6.74. The number of hydrazine groups is 1. The minimum absolute atomic E-state index is 0.0329. The number of benzene rings is 1. The molecule has 7 heteroatoms. The third-order valence-corrected chi connectivity index (χ3v) is 5.10. The minimum Gasteiger partial charge on any atom is -0.385 e. The number of hydrogen-bond acceptors (Lipinski definition) is 4. The number of nitrogens with zero attached hydrogens (tertiary/aromatic N) is 1. The molecular formula is C17H23F2N3O2. The third kappa shape index (κ3) is 3.16. The van der Waals surface area contributed by atoms with Crippen molar-refractivity contribution in [2.24, 2.45) is 0 Å². The van der Waals surface area contributed by atoms with Crippen molar-refractivity contribution in [3.63, 3.8) is 0 Å². The van der Waals surface area contributed by atoms with Gasteiger partial charge in [-0.25, -0.2) is 14.2 Å². The van der Waals surface area contributed by atoms with Crippen LogP contribution in [0.2, 0.25) is 0 Å². The molecule has 0 bridgehead atoms. The Bertz CT molecular complexity index is 598. The Kier molecular flexibility index (Phi) is 4.85. The molecule has 0 spiro atoms. The summed E-state index contributed by atoms with van der Waals surface area (Å²) in [6.45, 7) is 2.60. The topological polar surface area (TPSA) is 64.6 Å². The van der Waals surface area contributed by atoms with Crippen molar-refractivity contribution >= 4 is 5.91 Å². The van der Waals surface area contributed by atoms with Crippen LogP contribution in [0.3, 0.4) is 0 Å². The lowest BCUT2D eigenvalue weighted by Gasteiger charge is -2.39. The number of likely N-dealkylation sites (tertiary alicyclic amines) is 1. The van der Waals surface area contributed by atoms with Gasteiger partial charge in [-0.05, 0) is 37.8 Å². The normalized spacial score (nSPS) is 26.6. The highest BCUT2D eigenvalue weighted by atomic mass is 19.1. The van der Waals surface area contributed by atoms with Crippen molar-refractivity contribution in [3.05, 3.63) is 35.4 Å². The van der Waals surface area contributed by atoms with Crippen LogP contribution >= 0.6 is 0 Å². The molecule has 1 aromatic rings. The fourth-order valence-electron chi connectivity index (χ4n) is 3.56. The highest BCUT2D eigenvalue weighted by Gasteiger charge is 2.41. The Morgan fingerprint density at radius 3 is 2.46 bits per heavy atom. The van der Waals surface area contributed by atoms with Gasteiger partial charge in [-0.2, -0.15) is 0 Å². The SMILES string of the molecule is CCC1CC(C(=O)N2CCC(O)(c3c(F)cccc3F)CC2)NN1. The predicted molar refractivity (Wildman–Crippen MR) is 84.8 cm³/mol. The Morgan fingerprint density at radius 2 is 1.92 bits per heavy atom. The first-order valence-corrected chi connectivity index (χ1v) is 8.41. The molecule has 5 nitrogen and oxygen atoms in total. The number of piperidine rings is 1. The summed E-state index contributed by atoms with van der Waals surface area (Å²) >= 11 is 0. The molecule has 0 radical (unpaired) electrons. The standard InChI is InChI=1S/C17H23F2N3O2/c1-2-11-10-14(21-20-11)16(23)22-8-6-17(24,7-9-22)15-12(18)4-3-5-13(15)19/h3-5,11,14,20-21,24H,2,6-10H2,1H3. The van der Waals surface area contributed by atoms with Crippen LogP contribution < -0.4 is 10.9 Å². The Morgan fingerprint density at radius 1 is 1.29 bits per heavy atom. The van der Waals surface area contributed by atoms with Crippen molar-refractivity contribution < 1.29 is 18.7 Å². The summed E-state index contributed by atoms with van der Waals surface area (Å²) < 4.78 is 27.9. The molecule has 2 heterocycles. The molecule has 2 aliphatic heterocycles. The van der Waals surface area contributed by atoms with Gasteiger partial charge in [-0.15, -0.1) is 0 Å². The Balaban J connectivity index is 1.66. The van der Waals surface area contributed by atoms with Crippen molar-refractivity contribution in [2.75, 3.05) is 13.1 Å². The molecule has 2 fully saturated rings. The molecular weight excluding hydrogens is 316 g/mol. The monoisotopic (exact) mass is 339 g/mol. The van der Waals surface area contributed by atoms with Crippen LogP contribution in [-0.2, 0) is 10.4 Å². The van der Waals surface area contributed by atoms with E-state index < -0.39 is 17.2 Å². The van der Waals surface area contributed by atoms with Gasteiger partial charge in [0.15, 0.2) is 0 Å². The van der Waals surface area contributed by atoms with Crippen LogP contribution in [0.1, 0.15) is 38.2 Å². The van der Waals surface area contributed by atoms with E-state index in [9.17, 15) is 18.7 Å². The van der Waals surface area contributed by atoms with Crippen LogP contribution in [-0.4, -0.2) is 41.1 Å². The number of hydrogen-bond donors (Lipinski definition) is 3. The maximum atomic E-state index is 14.0. The van der Waals surface area contributed by atoms with Crippen molar-refractivity contribution in [3.8, 4) is 0 Å². The fraction of sp³-hybridized carbons (Fsp3) is 0.588. The van der Waals surface area contributed by atoms with E-state index >= 15 is 0 Å². The Labute approximate surface area is 140 Å². The van der Waals surface area contributed by atoms with E-state index in [1.807, 2.05) is 0 Å². The molecule has 3 rings (SSSR count). The number of amides is 1. The maximum Gasteiger partial charge on any atom is 0.241 e. The molecule has 0 aliphatic carbocycles. The molecule has 2 saturated heterocycles. The molecule has 0 aromatic heterocycles. The second-order valence-corrected chi connectivity index (χ2v) is 6.64. The van der Waals surface area contributed by atoms with Crippen molar-refractivity contribution in [1.82, 2.24) is 15.8 Å². The van der Waals surface area contributed by atoms with E-state index in [1.165, 1.54) is 6.07 Å². The molecule has 2 unspecified atom stereocenters. The summed E-state index contributed by atoms with van der Waals surface area (Å²) in [6.07, 6.45) is 1.89. The predicted octanol–water partition coefficient (Wildman–Crippen LogP) is 1.42. The van der Waals surface area contributed by atoms with E-state index in [4.69, 9.17) is 0 Å². The van der Waals surface area contributed by atoms with E-state index in [0.29, 0.717) is 0 Å². The third-order valence-electron chi connectivity index (χ3n) is 5.10. The van der Waals surface area contributed by atoms with Crippen molar-refractivity contribution in [1.29, 1.82) is 0 Å². The largest absolute Gasteiger partial charge is 0.385 e. The molecule has 1 amide bonds. The van der Waals surface area contributed by atoms with Gasteiger partial charge in [0.1, 0.15) is 17.7 Å². The van der Waals surface area contributed by atoms with Gasteiger partial charge >= 0.3 is 0 Å². The molecule has 0 saturated carbocycles. The number of rotatable bonds is 3. The van der Waals surface area contributed by atoms with Gasteiger partial charge < -0.3 is 10.0 Å². The first-order valence-electron chi connectivity index (χ1n) is 8.41. The van der Waals surface area contributed by atoms with E-state index in [1.54, 1.807) is 4.90 Å². The van der Waals surface area contributed by atoms with E-state index in [2.05, 4.69) is 17.8 Å². The lowest BCUT2D eigenvalue weighted by Crippen LogP contribution is -2.51. The first-order chi connectivity index (χ1) is 11.4. The van der Waals surface area contributed by atoms with Gasteiger partial charge in [0.25, 0.3) is 0 Å². The zero-order valence-corrected chi connectivity index (χ0v) is 13.7. The summed E-state index contributed by atoms with van der Waals surface area (Å²) in [4.78, 5) is 14.2. The lowest BCUT2D eigenvalue weighted by molar-refractivity contribution is -0.137. The van der Waals surface area contributed by atoms with Crippen LogP contribution in [0.5, 0.6) is 0 Å². The molecule has 132 valence electrons. The smallest absolute Gasteiger partial charge is 0.241 e. The van der Waals surface area contributed by atoms with Gasteiger partial charge in [-0.1, -0.05) is 13.0 Å². The van der Waals surface area contributed by atoms with Crippen LogP contribution in [0.25, 0.3) is 0 Å². The Hall–Kier alpha value is -1.57. The first kappa shape index (κ1) is 17.3. The van der Waals surface area contributed by atoms with Gasteiger partial charge in [-0.3, -0.25) is 10.2 Å². The maximum absolute atomic E-state index is 14.0. The van der Waals surface area contributed by atoms with E-state index in [0.717, 1.165) is 25.0 Å². The summed E-state index contributed by atoms with van der Waals surface area (Å²) in [7, 11) is 0. The number of halogens is 2. The highest BCUT2D eigenvalue weighted by molar-refractivity contribution is 5.82. The number of aliphatic hydroxyl groups is 1. The zero-order chi connectivity index (χ0) is 17.3. The fourth-order valence-corrected chi connectivity index (χ4v) is 3.56. The van der Waals surface area contributed by atoms with Gasteiger partial charge in [0.05, 0.1) is 11.2 Å². The quantitative estimate of drug-likeness (QED) is 0.779. The average Bonchev–Trinajstić information content (AvgIpc) is 3.04. The van der Waals surface area contributed by atoms with Gasteiger partial charge in [0, 0.05) is 19.1 Å². The molecule has 2 atom stereocenters. The number of carbonyl (C=O) groups is 1. The van der Waals surface area contributed by atoms with Crippen LogP contribution in [0, 0.1) is 11.6 Å². The summed E-state index contributed by atoms with van der Waals surface area (Å²) in [5, 5.41) is 10.7.